The van der Waals surface area contributed by atoms with Gasteiger partial charge in [-0.25, -0.2) is 4.79 Å². The number of carbonyl (C=O) groups is 3. The molecule has 0 bridgehead atoms. The van der Waals surface area contributed by atoms with Gasteiger partial charge in [-0.1, -0.05) is 78.4 Å². The number of hydrogen-bond donors (Lipinski definition) is 2. The molecule has 2 N–H and O–H groups in total. The minimum atomic E-state index is -0.994. The number of aryl methyl sites for hydroxylation is 3. The average Bonchev–Trinajstić information content (AvgIpc) is 2.89. The topological polar surface area (TPSA) is 87.7 Å². The van der Waals surface area contributed by atoms with E-state index in [0.29, 0.717) is 11.3 Å². The van der Waals surface area contributed by atoms with Crippen LogP contribution in [0.1, 0.15) is 54.6 Å². The molecule has 0 heterocycles. The van der Waals surface area contributed by atoms with E-state index in [0.717, 1.165) is 22.3 Å². The number of benzene rings is 3. The molecule has 0 aliphatic rings. The van der Waals surface area contributed by atoms with Crippen LogP contribution in [0.5, 0.6) is 0 Å². The van der Waals surface area contributed by atoms with E-state index in [1.165, 1.54) is 4.90 Å². The molecule has 0 aliphatic carbocycles. The highest BCUT2D eigenvalue weighted by Crippen LogP contribution is 2.29. The van der Waals surface area contributed by atoms with Crippen molar-refractivity contribution < 1.29 is 19.1 Å². The lowest BCUT2D eigenvalue weighted by Crippen LogP contribution is -2.53. The van der Waals surface area contributed by atoms with Crippen molar-refractivity contribution in [1.29, 1.82) is 0 Å². The second-order valence-electron chi connectivity index (χ2n) is 11.2. The number of rotatable bonds is 10. The number of para-hydroxylation sites is 1. The molecule has 0 saturated heterocycles. The summed E-state index contributed by atoms with van der Waals surface area (Å²) in [5, 5.41) is 5.80. The van der Waals surface area contributed by atoms with Gasteiger partial charge in [-0.2, -0.15) is 0 Å². The second kappa shape index (κ2) is 13.8. The molecule has 3 aromatic rings. The lowest BCUT2D eigenvalue weighted by molar-refractivity contribution is -0.140. The molecule has 2 atom stereocenters. The van der Waals surface area contributed by atoms with E-state index < -0.39 is 29.7 Å². The predicted molar refractivity (Wildman–Crippen MR) is 164 cm³/mol. The first-order valence-corrected chi connectivity index (χ1v) is 13.8. The standard InChI is InChI=1S/C34H41N3O4/c1-8-20-37(32(39)29(22-26-15-10-9-11-16-26)36-33(40)41-34(5,6)7)30(27-19-18-23(2)21-25(27)4)31(38)35-28-17-13-12-14-24(28)3/h8-19,21,29-30H,1,20,22H2,2-7H3,(H,35,38)(H,36,40). The molecule has 0 spiro atoms. The summed E-state index contributed by atoms with van der Waals surface area (Å²) in [6, 6.07) is 20.7. The zero-order valence-electron chi connectivity index (χ0n) is 24.9. The maximum absolute atomic E-state index is 14.4. The number of ether oxygens (including phenoxy) is 1. The Morgan fingerprint density at radius 1 is 0.927 bits per heavy atom. The van der Waals surface area contributed by atoms with Crippen molar-refractivity contribution in [2.75, 3.05) is 11.9 Å². The highest BCUT2D eigenvalue weighted by molar-refractivity contribution is 5.99. The number of hydrogen-bond acceptors (Lipinski definition) is 4. The van der Waals surface area contributed by atoms with Crippen molar-refractivity contribution in [2.24, 2.45) is 0 Å². The normalized spacial score (nSPS) is 12.5. The summed E-state index contributed by atoms with van der Waals surface area (Å²) in [7, 11) is 0. The Bertz CT molecular complexity index is 1380. The fourth-order valence-corrected chi connectivity index (χ4v) is 4.66. The molecule has 0 aromatic heterocycles. The van der Waals surface area contributed by atoms with Gasteiger partial charge in [-0.15, -0.1) is 6.58 Å². The van der Waals surface area contributed by atoms with E-state index in [4.69, 9.17) is 4.74 Å². The summed E-state index contributed by atoms with van der Waals surface area (Å²) in [6.45, 7) is 15.0. The van der Waals surface area contributed by atoms with Gasteiger partial charge >= 0.3 is 6.09 Å². The fourth-order valence-electron chi connectivity index (χ4n) is 4.66. The maximum Gasteiger partial charge on any atom is 0.408 e. The smallest absolute Gasteiger partial charge is 0.408 e. The van der Waals surface area contributed by atoms with E-state index in [9.17, 15) is 14.4 Å². The Morgan fingerprint density at radius 2 is 1.59 bits per heavy atom. The van der Waals surface area contributed by atoms with Gasteiger partial charge in [0, 0.05) is 18.7 Å². The highest BCUT2D eigenvalue weighted by Gasteiger charge is 2.36. The quantitative estimate of drug-likeness (QED) is 0.282. The summed E-state index contributed by atoms with van der Waals surface area (Å²) < 4.78 is 5.49. The third kappa shape index (κ3) is 8.80. The summed E-state index contributed by atoms with van der Waals surface area (Å²) in [5.74, 6) is -0.790. The van der Waals surface area contributed by atoms with Crippen LogP contribution in [-0.2, 0) is 20.7 Å². The number of nitrogens with one attached hydrogen (secondary N) is 2. The van der Waals surface area contributed by atoms with Gasteiger partial charge < -0.3 is 20.3 Å². The van der Waals surface area contributed by atoms with Gasteiger partial charge in [-0.05, 0) is 69.9 Å². The third-order valence-electron chi connectivity index (χ3n) is 6.56. The van der Waals surface area contributed by atoms with Crippen molar-refractivity contribution in [3.63, 3.8) is 0 Å². The minimum absolute atomic E-state index is 0.0826. The third-order valence-corrected chi connectivity index (χ3v) is 6.56. The minimum Gasteiger partial charge on any atom is -0.444 e. The summed E-state index contributed by atoms with van der Waals surface area (Å²) in [5.41, 5.74) is 4.26. The maximum atomic E-state index is 14.4. The second-order valence-corrected chi connectivity index (χ2v) is 11.2. The lowest BCUT2D eigenvalue weighted by atomic mass is 9.95. The predicted octanol–water partition coefficient (Wildman–Crippen LogP) is 6.44. The van der Waals surface area contributed by atoms with E-state index in [1.54, 1.807) is 26.8 Å². The SMILES string of the molecule is C=CCN(C(=O)C(Cc1ccccc1)NC(=O)OC(C)(C)C)C(C(=O)Nc1ccccc1C)c1ccc(C)cc1C. The lowest BCUT2D eigenvalue weighted by Gasteiger charge is -2.34. The number of alkyl carbamates (subject to hydrolysis) is 1. The molecule has 41 heavy (non-hydrogen) atoms. The Morgan fingerprint density at radius 3 is 2.20 bits per heavy atom. The average molecular weight is 556 g/mol. The van der Waals surface area contributed by atoms with Crippen LogP contribution in [0, 0.1) is 20.8 Å². The molecule has 3 aromatic carbocycles. The van der Waals surface area contributed by atoms with Crippen molar-refractivity contribution in [2.45, 2.75) is 65.6 Å². The number of anilines is 1. The van der Waals surface area contributed by atoms with E-state index >= 15 is 0 Å². The molecule has 0 radical (unpaired) electrons. The monoisotopic (exact) mass is 555 g/mol. The molecule has 3 rings (SSSR count). The first-order chi connectivity index (χ1) is 19.4. The number of carbonyl (C=O) groups excluding carboxylic acids is 3. The van der Waals surface area contributed by atoms with Crippen LogP contribution < -0.4 is 10.6 Å². The molecular formula is C34H41N3O4. The first-order valence-electron chi connectivity index (χ1n) is 13.8. The molecular weight excluding hydrogens is 514 g/mol. The molecule has 7 nitrogen and oxygen atoms in total. The zero-order valence-corrected chi connectivity index (χ0v) is 24.9. The molecule has 0 saturated carbocycles. The Hall–Kier alpha value is -4.39. The first kappa shape index (κ1) is 31.1. The van der Waals surface area contributed by atoms with E-state index in [-0.39, 0.29) is 18.9 Å². The van der Waals surface area contributed by atoms with Gasteiger partial charge in [0.2, 0.25) is 5.91 Å². The van der Waals surface area contributed by atoms with Crippen molar-refractivity contribution in [3.8, 4) is 0 Å². The summed E-state index contributed by atoms with van der Waals surface area (Å²) in [4.78, 5) is 42.8. The summed E-state index contributed by atoms with van der Waals surface area (Å²) in [6.07, 6.45) is 1.09. The zero-order chi connectivity index (χ0) is 30.2. The Balaban J connectivity index is 2.08. The van der Waals surface area contributed by atoms with Gasteiger partial charge in [0.05, 0.1) is 0 Å². The largest absolute Gasteiger partial charge is 0.444 e. The van der Waals surface area contributed by atoms with Crippen LogP contribution in [0.25, 0.3) is 0 Å². The molecule has 3 amide bonds. The van der Waals surface area contributed by atoms with Crippen LogP contribution in [0.4, 0.5) is 10.5 Å². The van der Waals surface area contributed by atoms with Crippen molar-refractivity contribution >= 4 is 23.6 Å². The van der Waals surface area contributed by atoms with Crippen LogP contribution in [0.15, 0.2) is 85.5 Å². The molecule has 7 heteroatoms. The number of nitrogens with zero attached hydrogens (tertiary/aromatic N) is 1. The van der Waals surface area contributed by atoms with Crippen LogP contribution in [-0.4, -0.2) is 41.0 Å². The van der Waals surface area contributed by atoms with Gasteiger partial charge in [-0.3, -0.25) is 9.59 Å². The van der Waals surface area contributed by atoms with Crippen LogP contribution >= 0.6 is 0 Å². The molecule has 216 valence electrons. The van der Waals surface area contributed by atoms with Gasteiger partial charge in [0.25, 0.3) is 5.91 Å². The van der Waals surface area contributed by atoms with E-state index in [2.05, 4.69) is 17.2 Å². The van der Waals surface area contributed by atoms with Crippen LogP contribution in [0.3, 0.4) is 0 Å². The van der Waals surface area contributed by atoms with Crippen molar-refractivity contribution in [1.82, 2.24) is 10.2 Å². The highest BCUT2D eigenvalue weighted by atomic mass is 16.6. The summed E-state index contributed by atoms with van der Waals surface area (Å²) >= 11 is 0. The van der Waals surface area contributed by atoms with Gasteiger partial charge in [0.15, 0.2) is 0 Å². The fraction of sp³-hybridized carbons (Fsp3) is 0.324. The molecule has 2 unspecified atom stereocenters. The Labute approximate surface area is 243 Å². The van der Waals surface area contributed by atoms with E-state index in [1.807, 2.05) is 93.6 Å². The molecule has 0 aliphatic heterocycles. The van der Waals surface area contributed by atoms with Crippen molar-refractivity contribution in [3.05, 3.63) is 113 Å². The van der Waals surface area contributed by atoms with Gasteiger partial charge in [0.1, 0.15) is 17.7 Å². The number of amides is 3. The Kier molecular flexibility index (Phi) is 10.5. The molecule has 0 fully saturated rings. The van der Waals surface area contributed by atoms with Crippen LogP contribution in [0.2, 0.25) is 0 Å².